The molecular weight excluding hydrogens is 344 g/mol. The highest BCUT2D eigenvalue weighted by Crippen LogP contribution is 2.31. The van der Waals surface area contributed by atoms with Crippen molar-refractivity contribution in [2.24, 2.45) is 5.73 Å². The molecule has 2 atom stereocenters. The zero-order chi connectivity index (χ0) is 18.7. The first-order chi connectivity index (χ1) is 12.4. The van der Waals surface area contributed by atoms with E-state index in [1.54, 1.807) is 0 Å². The first-order valence-corrected chi connectivity index (χ1v) is 8.19. The Balaban J connectivity index is 1.79. The third-order valence-electron chi connectivity index (χ3n) is 4.53. The number of nitro groups is 1. The molecule has 0 amide bonds. The van der Waals surface area contributed by atoms with Crippen LogP contribution in [0.25, 0.3) is 0 Å². The van der Waals surface area contributed by atoms with Crippen molar-refractivity contribution in [2.75, 3.05) is 13.1 Å². The molecule has 0 aliphatic carbocycles. The van der Waals surface area contributed by atoms with Crippen molar-refractivity contribution < 1.29 is 18.4 Å². The van der Waals surface area contributed by atoms with Crippen LogP contribution in [-0.2, 0) is 6.54 Å². The molecule has 1 heterocycles. The lowest BCUT2D eigenvalue weighted by atomic mass is 9.95. The first kappa shape index (κ1) is 18.2. The molecule has 0 bridgehead atoms. The topological polar surface area (TPSA) is 81.6 Å². The van der Waals surface area contributed by atoms with Crippen LogP contribution in [0.1, 0.15) is 17.0 Å². The Morgan fingerprint density at radius 2 is 1.96 bits per heavy atom. The van der Waals surface area contributed by atoms with E-state index in [9.17, 15) is 18.9 Å². The van der Waals surface area contributed by atoms with Gasteiger partial charge in [-0.3, -0.25) is 15.0 Å². The van der Waals surface area contributed by atoms with E-state index in [0.717, 1.165) is 11.6 Å². The molecule has 0 saturated carbocycles. The molecule has 0 aromatic heterocycles. The molecule has 1 aliphatic rings. The number of non-ortho nitro benzene ring substituents is 1. The van der Waals surface area contributed by atoms with E-state index in [0.29, 0.717) is 18.7 Å². The summed E-state index contributed by atoms with van der Waals surface area (Å²) in [7, 11) is 0. The van der Waals surface area contributed by atoms with Crippen LogP contribution < -0.4 is 10.5 Å². The van der Waals surface area contributed by atoms with Gasteiger partial charge in [-0.05, 0) is 11.6 Å². The van der Waals surface area contributed by atoms with E-state index in [2.05, 4.69) is 4.74 Å². The Hall–Kier alpha value is -2.58. The van der Waals surface area contributed by atoms with Gasteiger partial charge in [0.05, 0.1) is 4.92 Å². The molecule has 1 aliphatic heterocycles. The fraction of sp³-hybridized carbons (Fsp3) is 0.333. The Bertz CT molecular complexity index is 774. The fourth-order valence-electron chi connectivity index (χ4n) is 3.35. The number of alkyl halides is 2. The van der Waals surface area contributed by atoms with E-state index in [1.807, 2.05) is 35.2 Å². The highest BCUT2D eigenvalue weighted by Gasteiger charge is 2.32. The number of nitrogens with two attached hydrogens (primary N) is 1. The molecule has 3 rings (SSSR count). The third kappa shape index (κ3) is 4.14. The van der Waals surface area contributed by atoms with Crippen LogP contribution in [0, 0.1) is 10.1 Å². The fourth-order valence-corrected chi connectivity index (χ4v) is 3.35. The summed E-state index contributed by atoms with van der Waals surface area (Å²) in [4.78, 5) is 12.4. The van der Waals surface area contributed by atoms with Gasteiger partial charge < -0.3 is 10.5 Å². The molecule has 2 aromatic rings. The second-order valence-corrected chi connectivity index (χ2v) is 6.30. The van der Waals surface area contributed by atoms with Crippen molar-refractivity contribution in [3.8, 4) is 5.75 Å². The molecule has 2 N–H and O–H groups in total. The normalized spacial score (nSPS) is 20.5. The van der Waals surface area contributed by atoms with Gasteiger partial charge in [-0.2, -0.15) is 8.78 Å². The lowest BCUT2D eigenvalue weighted by molar-refractivity contribution is -0.385. The Labute approximate surface area is 149 Å². The molecule has 6 nitrogen and oxygen atoms in total. The van der Waals surface area contributed by atoms with Crippen molar-refractivity contribution in [3.63, 3.8) is 0 Å². The summed E-state index contributed by atoms with van der Waals surface area (Å²) in [5.41, 5.74) is 7.55. The number of likely N-dealkylation sites (tertiary alicyclic amines) is 1. The van der Waals surface area contributed by atoms with Gasteiger partial charge in [0.2, 0.25) is 0 Å². The Morgan fingerprint density at radius 1 is 1.23 bits per heavy atom. The average Bonchev–Trinajstić information content (AvgIpc) is 2.97. The van der Waals surface area contributed by atoms with Crippen LogP contribution in [0.2, 0.25) is 0 Å². The second-order valence-electron chi connectivity index (χ2n) is 6.30. The smallest absolute Gasteiger partial charge is 0.387 e. The van der Waals surface area contributed by atoms with Gasteiger partial charge >= 0.3 is 6.61 Å². The molecule has 138 valence electrons. The van der Waals surface area contributed by atoms with Crippen molar-refractivity contribution >= 4 is 5.69 Å². The number of rotatable bonds is 6. The van der Waals surface area contributed by atoms with Gasteiger partial charge in [0, 0.05) is 49.3 Å². The summed E-state index contributed by atoms with van der Waals surface area (Å²) in [5.74, 6) is 0.0664. The molecule has 0 radical (unpaired) electrons. The second kappa shape index (κ2) is 7.76. The van der Waals surface area contributed by atoms with E-state index in [-0.39, 0.29) is 29.9 Å². The molecule has 8 heteroatoms. The molecule has 0 unspecified atom stereocenters. The molecule has 26 heavy (non-hydrogen) atoms. The van der Waals surface area contributed by atoms with E-state index in [1.165, 1.54) is 12.1 Å². The van der Waals surface area contributed by atoms with Gasteiger partial charge in [0.25, 0.3) is 5.69 Å². The minimum absolute atomic E-state index is 0.0534. The van der Waals surface area contributed by atoms with Gasteiger partial charge in [-0.1, -0.05) is 30.3 Å². The number of benzene rings is 2. The van der Waals surface area contributed by atoms with Crippen LogP contribution >= 0.6 is 0 Å². The summed E-state index contributed by atoms with van der Waals surface area (Å²) in [5, 5.41) is 11.0. The molecule has 1 saturated heterocycles. The standard InChI is InChI=1S/C18H19F2N3O3/c19-18(20)26-17-7-6-14(23(24)25)8-13(17)9-22-10-15(16(21)11-22)12-4-2-1-3-5-12/h1-8,15-16,18H,9-11,21H2/t15-,16+/m0/s1. The molecular formula is C18H19F2N3O3. The van der Waals surface area contributed by atoms with E-state index < -0.39 is 11.5 Å². The van der Waals surface area contributed by atoms with Gasteiger partial charge in [0.15, 0.2) is 0 Å². The molecule has 2 aromatic carbocycles. The lowest BCUT2D eigenvalue weighted by Crippen LogP contribution is -2.28. The maximum Gasteiger partial charge on any atom is 0.387 e. The third-order valence-corrected chi connectivity index (χ3v) is 4.53. The van der Waals surface area contributed by atoms with Crippen molar-refractivity contribution in [1.82, 2.24) is 4.90 Å². The zero-order valence-corrected chi connectivity index (χ0v) is 13.9. The van der Waals surface area contributed by atoms with Crippen molar-refractivity contribution in [1.29, 1.82) is 0 Å². The maximum absolute atomic E-state index is 12.6. The predicted molar refractivity (Wildman–Crippen MR) is 92.2 cm³/mol. The van der Waals surface area contributed by atoms with Crippen LogP contribution in [0.4, 0.5) is 14.5 Å². The summed E-state index contributed by atoms with van der Waals surface area (Å²) in [6.45, 7) is -1.54. The number of hydrogen-bond donors (Lipinski definition) is 1. The number of hydrogen-bond acceptors (Lipinski definition) is 5. The Kier molecular flexibility index (Phi) is 5.43. The first-order valence-electron chi connectivity index (χ1n) is 8.19. The highest BCUT2D eigenvalue weighted by molar-refractivity contribution is 5.44. The van der Waals surface area contributed by atoms with Crippen LogP contribution in [-0.4, -0.2) is 35.6 Å². The summed E-state index contributed by atoms with van der Waals surface area (Å²) in [6, 6.07) is 13.4. The summed E-state index contributed by atoms with van der Waals surface area (Å²) >= 11 is 0. The van der Waals surface area contributed by atoms with E-state index in [4.69, 9.17) is 5.73 Å². The quantitative estimate of drug-likeness (QED) is 0.630. The lowest BCUT2D eigenvalue weighted by Gasteiger charge is -2.18. The highest BCUT2D eigenvalue weighted by atomic mass is 19.3. The van der Waals surface area contributed by atoms with Crippen LogP contribution in [0.5, 0.6) is 5.75 Å². The van der Waals surface area contributed by atoms with E-state index >= 15 is 0 Å². The van der Waals surface area contributed by atoms with Gasteiger partial charge in [-0.15, -0.1) is 0 Å². The number of nitrogens with zero attached hydrogens (tertiary/aromatic N) is 2. The van der Waals surface area contributed by atoms with Crippen molar-refractivity contribution in [2.45, 2.75) is 25.1 Å². The molecule has 0 spiro atoms. The minimum atomic E-state index is -2.99. The largest absolute Gasteiger partial charge is 0.434 e. The molecule has 1 fully saturated rings. The minimum Gasteiger partial charge on any atom is -0.434 e. The number of nitro benzene ring substituents is 1. The van der Waals surface area contributed by atoms with Crippen LogP contribution in [0.3, 0.4) is 0 Å². The monoisotopic (exact) mass is 363 g/mol. The SMILES string of the molecule is N[C@@H]1CN(Cc2cc([N+](=O)[O-])ccc2OC(F)F)C[C@H]1c1ccccc1. The Morgan fingerprint density at radius 3 is 2.62 bits per heavy atom. The summed E-state index contributed by atoms with van der Waals surface area (Å²) in [6.07, 6.45) is 0. The van der Waals surface area contributed by atoms with Crippen molar-refractivity contribution in [3.05, 3.63) is 69.8 Å². The number of ether oxygens (including phenoxy) is 1. The zero-order valence-electron chi connectivity index (χ0n) is 13.9. The average molecular weight is 363 g/mol. The van der Waals surface area contributed by atoms with Gasteiger partial charge in [0.1, 0.15) is 5.75 Å². The summed E-state index contributed by atoms with van der Waals surface area (Å²) < 4.78 is 29.8. The maximum atomic E-state index is 12.6. The predicted octanol–water partition coefficient (Wildman–Crippen LogP) is 3.12. The van der Waals surface area contributed by atoms with Crippen LogP contribution in [0.15, 0.2) is 48.5 Å². The number of halogens is 2. The van der Waals surface area contributed by atoms with Gasteiger partial charge in [-0.25, -0.2) is 0 Å².